The second-order valence-corrected chi connectivity index (χ2v) is 16.9. The van der Waals surface area contributed by atoms with Crippen molar-refractivity contribution in [1.29, 1.82) is 0 Å². The van der Waals surface area contributed by atoms with Crippen LogP contribution in [0.1, 0.15) is 88.9 Å². The lowest BCUT2D eigenvalue weighted by atomic mass is 9.95. The Kier molecular flexibility index (Phi) is 9.48. The fraction of sp³-hybridized carbons (Fsp3) is 0.512. The van der Waals surface area contributed by atoms with Gasteiger partial charge in [0.2, 0.25) is 11.8 Å². The Balaban J connectivity index is 0.880. The highest BCUT2D eigenvalue weighted by molar-refractivity contribution is 5.90. The van der Waals surface area contributed by atoms with Crippen LogP contribution in [-0.2, 0) is 19.1 Å². The molecule has 2 aromatic heterocycles. The van der Waals surface area contributed by atoms with Crippen molar-refractivity contribution in [2.24, 2.45) is 17.8 Å². The lowest BCUT2D eigenvalue weighted by Crippen LogP contribution is -2.54. The lowest BCUT2D eigenvalue weighted by Gasteiger charge is -2.37. The van der Waals surface area contributed by atoms with Crippen LogP contribution in [0.25, 0.3) is 33.6 Å². The van der Waals surface area contributed by atoms with Gasteiger partial charge in [0.1, 0.15) is 17.7 Å². The van der Waals surface area contributed by atoms with E-state index < -0.39 is 17.7 Å². The van der Waals surface area contributed by atoms with Gasteiger partial charge in [-0.05, 0) is 91.4 Å². The molecule has 4 bridgehead atoms. The van der Waals surface area contributed by atoms with E-state index in [-0.39, 0.29) is 41.9 Å². The predicted octanol–water partition coefficient (Wildman–Crippen LogP) is 6.34. The number of likely N-dealkylation sites (tertiary alicyclic amines) is 2. The van der Waals surface area contributed by atoms with Crippen molar-refractivity contribution in [2.45, 2.75) is 101 Å². The van der Waals surface area contributed by atoms with Gasteiger partial charge in [-0.25, -0.2) is 14.8 Å². The Morgan fingerprint density at radius 2 is 1.27 bits per heavy atom. The first-order valence-electron chi connectivity index (χ1n) is 20.2. The summed E-state index contributed by atoms with van der Waals surface area (Å²) in [5, 5.41) is 6.11. The number of nitrogens with zero attached hydrogens (tertiary/aromatic N) is 4. The summed E-state index contributed by atoms with van der Waals surface area (Å²) < 4.78 is 10.1. The van der Waals surface area contributed by atoms with Gasteiger partial charge in [-0.15, -0.1) is 0 Å². The number of amides is 3. The van der Waals surface area contributed by atoms with Gasteiger partial charge in [0, 0.05) is 19.2 Å². The van der Waals surface area contributed by atoms with Crippen LogP contribution in [0.5, 0.6) is 0 Å². The summed E-state index contributed by atoms with van der Waals surface area (Å²) in [5.74, 6) is 2.43. The van der Waals surface area contributed by atoms with E-state index in [1.807, 2.05) is 31.1 Å². The maximum atomic E-state index is 13.9. The Bertz CT molecular complexity index is 2090. The number of hydrogen-bond acceptors (Lipinski definition) is 8. The maximum Gasteiger partial charge on any atom is 0.407 e. The molecule has 0 spiro atoms. The van der Waals surface area contributed by atoms with E-state index in [2.05, 4.69) is 74.0 Å². The van der Waals surface area contributed by atoms with Crippen molar-refractivity contribution >= 4 is 17.9 Å². The van der Waals surface area contributed by atoms with E-state index >= 15 is 0 Å². The quantitative estimate of drug-likeness (QED) is 0.122. The second kappa shape index (κ2) is 14.5. The number of methoxy groups -OCH3 is 2. The van der Waals surface area contributed by atoms with Crippen molar-refractivity contribution in [3.05, 3.63) is 72.6 Å². The fourth-order valence-corrected chi connectivity index (χ4v) is 10.2. The molecule has 3 amide bonds. The number of H-pyrrole nitrogens is 2. The number of aromatic nitrogens is 4. The van der Waals surface area contributed by atoms with Crippen molar-refractivity contribution < 1.29 is 23.9 Å². The number of benzene rings is 2. The number of piperidine rings is 2. The molecule has 56 heavy (non-hydrogen) atoms. The summed E-state index contributed by atoms with van der Waals surface area (Å²) in [7, 11) is 2.96. The summed E-state index contributed by atoms with van der Waals surface area (Å²) in [6.45, 7) is 4.24. The third-order valence-corrected chi connectivity index (χ3v) is 13.2. The molecular weight excluding hydrogens is 709 g/mol. The first-order chi connectivity index (χ1) is 27.2. The minimum absolute atomic E-state index is 0.0251. The topological polar surface area (TPSA) is 158 Å². The zero-order valence-corrected chi connectivity index (χ0v) is 32.6. The van der Waals surface area contributed by atoms with Gasteiger partial charge in [0.25, 0.3) is 0 Å². The summed E-state index contributed by atoms with van der Waals surface area (Å²) in [4.78, 5) is 60.8. The van der Waals surface area contributed by atoms with Crippen molar-refractivity contribution in [2.75, 3.05) is 21.0 Å². The van der Waals surface area contributed by atoms with Crippen LogP contribution in [0.2, 0.25) is 0 Å². The average Bonchev–Trinajstić information content (AvgIpc) is 3.95. The molecule has 4 aromatic rings. The van der Waals surface area contributed by atoms with Crippen LogP contribution in [0.15, 0.2) is 60.9 Å². The summed E-state index contributed by atoms with van der Waals surface area (Å²) in [5.41, 5.74) is 5.61. The number of imidazole rings is 2. The van der Waals surface area contributed by atoms with Crippen LogP contribution in [0.3, 0.4) is 0 Å². The molecule has 5 fully saturated rings. The van der Waals surface area contributed by atoms with E-state index in [0.29, 0.717) is 18.6 Å². The van der Waals surface area contributed by atoms with E-state index in [9.17, 15) is 14.4 Å². The zero-order valence-electron chi connectivity index (χ0n) is 32.6. The first kappa shape index (κ1) is 36.6. The molecule has 294 valence electrons. The van der Waals surface area contributed by atoms with Crippen LogP contribution < -0.4 is 10.6 Å². The summed E-state index contributed by atoms with van der Waals surface area (Å²) >= 11 is 0. The number of carbonyl (C=O) groups excluding carboxylic acids is 3. The smallest absolute Gasteiger partial charge is 0.407 e. The molecule has 13 heteroatoms. The highest BCUT2D eigenvalue weighted by Crippen LogP contribution is 2.53. The number of aromatic amines is 2. The van der Waals surface area contributed by atoms with Gasteiger partial charge < -0.3 is 34.6 Å². The van der Waals surface area contributed by atoms with Gasteiger partial charge >= 0.3 is 6.09 Å². The van der Waals surface area contributed by atoms with Crippen LogP contribution in [0.4, 0.5) is 4.79 Å². The number of hydrogen-bond donors (Lipinski definition) is 4. The highest BCUT2D eigenvalue weighted by Gasteiger charge is 2.58. The van der Waals surface area contributed by atoms with Crippen LogP contribution in [0, 0.1) is 17.8 Å². The van der Waals surface area contributed by atoms with Crippen molar-refractivity contribution in [3.63, 3.8) is 0 Å². The lowest BCUT2D eigenvalue weighted by molar-refractivity contribution is -0.140. The number of fused-ring (bicyclic) bond motifs is 4. The Morgan fingerprint density at radius 3 is 1.75 bits per heavy atom. The molecule has 0 radical (unpaired) electrons. The first-order valence-corrected chi connectivity index (χ1v) is 20.2. The largest absolute Gasteiger partial charge is 0.453 e. The third-order valence-electron chi connectivity index (χ3n) is 13.2. The monoisotopic (exact) mass is 760 g/mol. The SMILES string of the molecule is COCNC1(C(=O)N2C3CCC(C3)C2c2ncc(-c3ccc(-c4ccc(-c5cnc(C6C7CCC(C7)N6C(=O)C(NC(=O)OC)C(C)C)[nH]5)cc4)cc3)[nH]2)CC1. The predicted molar refractivity (Wildman–Crippen MR) is 210 cm³/mol. The number of alkyl carbamates (subject to hydrolysis) is 1. The van der Waals surface area contributed by atoms with Crippen molar-refractivity contribution in [3.8, 4) is 33.6 Å². The van der Waals surface area contributed by atoms with Crippen LogP contribution in [-0.4, -0.2) is 92.3 Å². The van der Waals surface area contributed by atoms with E-state index in [1.165, 1.54) is 7.11 Å². The standard InChI is InChI=1S/C43H52N8O5/c1-24(2)35(49-42(54)56-4)40(52)50-31-15-13-29(19-31)36(50)38-44-21-33(47-38)27-9-5-25(6-10-27)26-7-11-28(12-8-26)34-22-45-39(48-34)37-30-14-16-32(20-30)51(37)41(53)43(17-18-43)46-23-55-3/h5-12,21-22,24,29-32,35-37,46H,13-20,23H2,1-4H3,(H,44,47)(H,45,48)(H,49,54). The molecule has 9 rings (SSSR count). The molecule has 4 heterocycles. The van der Waals surface area contributed by atoms with Gasteiger partial charge in [-0.3, -0.25) is 14.9 Å². The van der Waals surface area contributed by atoms with E-state index in [1.54, 1.807) is 7.11 Å². The molecule has 5 aliphatic rings. The molecule has 2 saturated heterocycles. The molecule has 2 aliphatic heterocycles. The molecule has 2 aromatic carbocycles. The molecule has 7 unspecified atom stereocenters. The van der Waals surface area contributed by atoms with Gasteiger partial charge in [-0.1, -0.05) is 62.4 Å². The molecule has 7 atom stereocenters. The van der Waals surface area contributed by atoms with E-state index in [4.69, 9.17) is 19.4 Å². The van der Waals surface area contributed by atoms with Gasteiger partial charge in [-0.2, -0.15) is 0 Å². The van der Waals surface area contributed by atoms with Crippen LogP contribution >= 0.6 is 0 Å². The number of rotatable bonds is 12. The minimum atomic E-state index is -0.670. The number of nitrogens with one attached hydrogen (secondary N) is 4. The Hall–Kier alpha value is -5.01. The van der Waals surface area contributed by atoms with E-state index in [0.717, 1.165) is 96.7 Å². The molecule has 13 nitrogen and oxygen atoms in total. The summed E-state index contributed by atoms with van der Waals surface area (Å²) in [6, 6.07) is 16.5. The highest BCUT2D eigenvalue weighted by atomic mass is 16.5. The molecular formula is C43H52N8O5. The zero-order chi connectivity index (χ0) is 38.7. The Morgan fingerprint density at radius 1 is 0.768 bits per heavy atom. The second-order valence-electron chi connectivity index (χ2n) is 16.9. The van der Waals surface area contributed by atoms with Gasteiger partial charge in [0.15, 0.2) is 0 Å². The molecule has 3 aliphatic carbocycles. The fourth-order valence-electron chi connectivity index (χ4n) is 10.2. The minimum Gasteiger partial charge on any atom is -0.453 e. The molecule has 3 saturated carbocycles. The van der Waals surface area contributed by atoms with Crippen molar-refractivity contribution in [1.82, 2.24) is 40.4 Å². The third kappa shape index (κ3) is 6.38. The molecule has 4 N–H and O–H groups in total. The Labute approximate surface area is 327 Å². The number of ether oxygens (including phenoxy) is 2. The average molecular weight is 761 g/mol. The number of carbonyl (C=O) groups is 3. The summed E-state index contributed by atoms with van der Waals surface area (Å²) in [6.07, 6.45) is 11.0. The van der Waals surface area contributed by atoms with Gasteiger partial charge in [0.05, 0.1) is 55.2 Å². The normalized spacial score (nSPS) is 26.2. The maximum absolute atomic E-state index is 13.9.